The smallest absolute Gasteiger partial charge is 0.0806 e. The van der Waals surface area contributed by atoms with Crippen LogP contribution in [0.5, 0.6) is 0 Å². The molecule has 1 saturated heterocycles. The molecule has 1 aromatic heterocycles. The van der Waals surface area contributed by atoms with E-state index in [1.807, 2.05) is 17.9 Å². The second kappa shape index (κ2) is 6.53. The molecule has 0 radical (unpaired) electrons. The lowest BCUT2D eigenvalue weighted by Gasteiger charge is -2.41. The first-order valence-electron chi connectivity index (χ1n) is 7.49. The molecule has 0 aliphatic carbocycles. The summed E-state index contributed by atoms with van der Waals surface area (Å²) in [4.78, 5) is 0. The van der Waals surface area contributed by atoms with E-state index in [0.29, 0.717) is 6.04 Å². The number of hydrogen-bond donors (Lipinski definition) is 1. The molecule has 1 aliphatic rings. The molecule has 1 fully saturated rings. The van der Waals surface area contributed by atoms with Gasteiger partial charge >= 0.3 is 0 Å². The van der Waals surface area contributed by atoms with E-state index in [0.717, 1.165) is 32.4 Å². The summed E-state index contributed by atoms with van der Waals surface area (Å²) in [6.45, 7) is 6.34. The minimum Gasteiger partial charge on any atom is -0.374 e. The molecule has 0 amide bonds. The van der Waals surface area contributed by atoms with E-state index < -0.39 is 0 Å². The van der Waals surface area contributed by atoms with Crippen molar-refractivity contribution >= 4 is 0 Å². The normalized spacial score (nSPS) is 25.4. The van der Waals surface area contributed by atoms with Crippen LogP contribution >= 0.6 is 0 Å². The van der Waals surface area contributed by atoms with Gasteiger partial charge < -0.3 is 10.1 Å². The van der Waals surface area contributed by atoms with Crippen LogP contribution in [0.2, 0.25) is 0 Å². The van der Waals surface area contributed by atoms with Gasteiger partial charge in [0.2, 0.25) is 0 Å². The Kier molecular flexibility index (Phi) is 4.99. The van der Waals surface area contributed by atoms with Crippen LogP contribution in [0, 0.1) is 0 Å². The van der Waals surface area contributed by atoms with Crippen molar-refractivity contribution in [3.63, 3.8) is 0 Å². The fourth-order valence-corrected chi connectivity index (χ4v) is 3.01. The molecule has 2 atom stereocenters. The van der Waals surface area contributed by atoms with Crippen LogP contribution in [0.4, 0.5) is 0 Å². The fourth-order valence-electron chi connectivity index (χ4n) is 3.01. The zero-order valence-corrected chi connectivity index (χ0v) is 12.5. The van der Waals surface area contributed by atoms with Crippen LogP contribution in [0.25, 0.3) is 0 Å². The van der Waals surface area contributed by atoms with Crippen molar-refractivity contribution in [2.45, 2.75) is 57.6 Å². The van der Waals surface area contributed by atoms with Gasteiger partial charge in [0.15, 0.2) is 0 Å². The lowest BCUT2D eigenvalue weighted by Crippen LogP contribution is -2.52. The minimum absolute atomic E-state index is 0.00350. The lowest BCUT2D eigenvalue weighted by molar-refractivity contribution is -0.0896. The first-order chi connectivity index (χ1) is 9.14. The molecule has 1 aromatic rings. The predicted molar refractivity (Wildman–Crippen MR) is 77.2 cm³/mol. The number of aromatic nitrogens is 2. The quantitative estimate of drug-likeness (QED) is 0.858. The van der Waals surface area contributed by atoms with Crippen LogP contribution < -0.4 is 5.32 Å². The molecule has 0 saturated carbocycles. The Labute approximate surface area is 116 Å². The van der Waals surface area contributed by atoms with Crippen molar-refractivity contribution in [2.75, 3.05) is 13.2 Å². The zero-order valence-electron chi connectivity index (χ0n) is 12.5. The van der Waals surface area contributed by atoms with Gasteiger partial charge in [0.1, 0.15) is 0 Å². The molecule has 0 spiro atoms. The van der Waals surface area contributed by atoms with Gasteiger partial charge in [-0.2, -0.15) is 5.10 Å². The third-order valence-corrected chi connectivity index (χ3v) is 4.17. The van der Waals surface area contributed by atoms with Gasteiger partial charge in [0.25, 0.3) is 0 Å². The minimum atomic E-state index is -0.00350. The molecule has 2 heterocycles. The Bertz CT molecular complexity index is 382. The maximum absolute atomic E-state index is 6.09. The van der Waals surface area contributed by atoms with Crippen LogP contribution in [0.15, 0.2) is 12.4 Å². The van der Waals surface area contributed by atoms with Gasteiger partial charge in [0, 0.05) is 25.9 Å². The number of likely N-dealkylation sites (N-methyl/N-ethyl adjacent to an activating group) is 1. The van der Waals surface area contributed by atoms with Crippen LogP contribution in [-0.2, 0) is 18.2 Å². The van der Waals surface area contributed by atoms with Gasteiger partial charge in [-0.25, -0.2) is 0 Å². The molecule has 1 N–H and O–H groups in total. The highest BCUT2D eigenvalue weighted by atomic mass is 16.5. The summed E-state index contributed by atoms with van der Waals surface area (Å²) < 4.78 is 7.96. The number of aryl methyl sites for hydroxylation is 2. The Morgan fingerprint density at radius 3 is 2.95 bits per heavy atom. The summed E-state index contributed by atoms with van der Waals surface area (Å²) >= 11 is 0. The SMILES string of the molecule is CCNC(CCc1cnn(C)c1)C1(C)CCCCO1. The highest BCUT2D eigenvalue weighted by Gasteiger charge is 2.35. The predicted octanol–water partition coefficient (Wildman–Crippen LogP) is 2.29. The molecule has 1 aliphatic heterocycles. The van der Waals surface area contributed by atoms with E-state index in [1.165, 1.54) is 18.4 Å². The summed E-state index contributed by atoms with van der Waals surface area (Å²) in [5.41, 5.74) is 1.31. The molecule has 108 valence electrons. The van der Waals surface area contributed by atoms with E-state index in [1.54, 1.807) is 0 Å². The summed E-state index contributed by atoms with van der Waals surface area (Å²) in [5.74, 6) is 0. The molecular formula is C15H27N3O. The maximum Gasteiger partial charge on any atom is 0.0806 e. The van der Waals surface area contributed by atoms with Gasteiger partial charge in [0.05, 0.1) is 11.8 Å². The van der Waals surface area contributed by atoms with Gasteiger partial charge in [-0.1, -0.05) is 6.92 Å². The highest BCUT2D eigenvalue weighted by Crippen LogP contribution is 2.30. The Hall–Kier alpha value is -0.870. The number of ether oxygens (including phenoxy) is 1. The van der Waals surface area contributed by atoms with Crippen molar-refractivity contribution in [1.29, 1.82) is 0 Å². The summed E-state index contributed by atoms with van der Waals surface area (Å²) in [5, 5.41) is 7.85. The average Bonchev–Trinajstić information content (AvgIpc) is 2.81. The molecule has 4 nitrogen and oxygen atoms in total. The fraction of sp³-hybridized carbons (Fsp3) is 0.800. The topological polar surface area (TPSA) is 39.1 Å². The Morgan fingerprint density at radius 2 is 2.37 bits per heavy atom. The number of nitrogens with zero attached hydrogens (tertiary/aromatic N) is 2. The lowest BCUT2D eigenvalue weighted by atomic mass is 9.85. The Balaban J connectivity index is 1.95. The monoisotopic (exact) mass is 265 g/mol. The van der Waals surface area contributed by atoms with Gasteiger partial charge in [-0.15, -0.1) is 0 Å². The second-order valence-corrected chi connectivity index (χ2v) is 5.79. The van der Waals surface area contributed by atoms with Crippen molar-refractivity contribution in [2.24, 2.45) is 7.05 Å². The largest absolute Gasteiger partial charge is 0.374 e. The summed E-state index contributed by atoms with van der Waals surface area (Å²) in [7, 11) is 1.97. The van der Waals surface area contributed by atoms with E-state index in [-0.39, 0.29) is 5.60 Å². The number of hydrogen-bond acceptors (Lipinski definition) is 3. The van der Waals surface area contributed by atoms with E-state index >= 15 is 0 Å². The molecule has 0 bridgehead atoms. The van der Waals surface area contributed by atoms with Gasteiger partial charge in [-0.3, -0.25) is 4.68 Å². The molecule has 2 unspecified atom stereocenters. The van der Waals surface area contributed by atoms with Gasteiger partial charge in [-0.05, 0) is 51.1 Å². The molecule has 4 heteroatoms. The zero-order chi connectivity index (χ0) is 13.7. The highest BCUT2D eigenvalue weighted by molar-refractivity contribution is 5.05. The molecule has 19 heavy (non-hydrogen) atoms. The number of nitrogens with one attached hydrogen (secondary N) is 1. The van der Waals surface area contributed by atoms with Crippen molar-refractivity contribution < 1.29 is 4.74 Å². The third-order valence-electron chi connectivity index (χ3n) is 4.17. The van der Waals surface area contributed by atoms with Crippen LogP contribution in [-0.4, -0.2) is 34.6 Å². The maximum atomic E-state index is 6.09. The van der Waals surface area contributed by atoms with Crippen LogP contribution in [0.3, 0.4) is 0 Å². The van der Waals surface area contributed by atoms with Crippen LogP contribution in [0.1, 0.15) is 45.1 Å². The molecule has 0 aromatic carbocycles. The number of rotatable bonds is 6. The summed E-state index contributed by atoms with van der Waals surface area (Å²) in [6, 6.07) is 0.429. The first-order valence-corrected chi connectivity index (χ1v) is 7.49. The summed E-state index contributed by atoms with van der Waals surface area (Å²) in [6.07, 6.45) is 9.89. The second-order valence-electron chi connectivity index (χ2n) is 5.79. The standard InChI is InChI=1S/C15H27N3O/c1-4-16-14(15(2)9-5-6-10-19-15)8-7-13-11-17-18(3)12-13/h11-12,14,16H,4-10H2,1-3H3. The van der Waals surface area contributed by atoms with Crippen molar-refractivity contribution in [3.8, 4) is 0 Å². The van der Waals surface area contributed by atoms with E-state index in [4.69, 9.17) is 4.74 Å². The first kappa shape index (κ1) is 14.5. The van der Waals surface area contributed by atoms with Crippen molar-refractivity contribution in [1.82, 2.24) is 15.1 Å². The van der Waals surface area contributed by atoms with Crippen molar-refractivity contribution in [3.05, 3.63) is 18.0 Å². The Morgan fingerprint density at radius 1 is 1.53 bits per heavy atom. The molecular weight excluding hydrogens is 238 g/mol. The third kappa shape index (κ3) is 3.80. The molecule has 2 rings (SSSR count). The van der Waals surface area contributed by atoms with E-state index in [9.17, 15) is 0 Å². The average molecular weight is 265 g/mol. The van der Waals surface area contributed by atoms with E-state index in [2.05, 4.69) is 30.5 Å².